The van der Waals surface area contributed by atoms with Gasteiger partial charge in [0.2, 0.25) is 10.0 Å². The SMILES string of the molecule is O=S(=O)(c1ccc(-c2ccc(Cl)cc2)cc1)N1CCc2ncncc2C1. The maximum absolute atomic E-state index is 13.0. The Morgan fingerprint density at radius 3 is 2.31 bits per heavy atom. The van der Waals surface area contributed by atoms with Crippen LogP contribution in [0.2, 0.25) is 5.02 Å². The molecule has 26 heavy (non-hydrogen) atoms. The monoisotopic (exact) mass is 385 g/mol. The molecule has 0 unspecified atom stereocenters. The molecule has 0 radical (unpaired) electrons. The Bertz CT molecular complexity index is 1040. The standard InChI is InChI=1S/C19H16ClN3O2S/c20-17-5-1-14(2-6-17)15-3-7-18(8-4-15)26(24,25)23-10-9-19-16(12-23)11-21-13-22-19/h1-8,11,13H,9-10,12H2. The molecule has 0 aliphatic carbocycles. The van der Waals surface area contributed by atoms with Gasteiger partial charge >= 0.3 is 0 Å². The maximum atomic E-state index is 13.0. The van der Waals surface area contributed by atoms with Gasteiger partial charge in [0.05, 0.1) is 4.90 Å². The molecule has 7 heteroatoms. The van der Waals surface area contributed by atoms with Gasteiger partial charge in [0.25, 0.3) is 0 Å². The summed E-state index contributed by atoms with van der Waals surface area (Å²) in [6.07, 6.45) is 3.78. The molecule has 132 valence electrons. The highest BCUT2D eigenvalue weighted by Gasteiger charge is 2.28. The lowest BCUT2D eigenvalue weighted by atomic mass is 10.1. The molecular weight excluding hydrogens is 370 g/mol. The fourth-order valence-electron chi connectivity index (χ4n) is 3.06. The molecular formula is C19H16ClN3O2S. The van der Waals surface area contributed by atoms with E-state index in [9.17, 15) is 8.42 Å². The molecule has 0 saturated heterocycles. The molecule has 0 spiro atoms. The van der Waals surface area contributed by atoms with Crippen LogP contribution in [0, 0.1) is 0 Å². The number of sulfonamides is 1. The number of aromatic nitrogens is 2. The van der Waals surface area contributed by atoms with E-state index in [0.29, 0.717) is 24.5 Å². The zero-order valence-electron chi connectivity index (χ0n) is 13.8. The summed E-state index contributed by atoms with van der Waals surface area (Å²) in [5, 5.41) is 0.669. The summed E-state index contributed by atoms with van der Waals surface area (Å²) in [5.41, 5.74) is 3.71. The third-order valence-corrected chi connectivity index (χ3v) is 6.61. The van der Waals surface area contributed by atoms with Gasteiger partial charge in [-0.05, 0) is 35.4 Å². The van der Waals surface area contributed by atoms with Crippen molar-refractivity contribution in [3.63, 3.8) is 0 Å². The zero-order chi connectivity index (χ0) is 18.1. The van der Waals surface area contributed by atoms with E-state index in [-0.39, 0.29) is 4.90 Å². The summed E-state index contributed by atoms with van der Waals surface area (Å²) in [7, 11) is -3.55. The fourth-order valence-corrected chi connectivity index (χ4v) is 4.60. The van der Waals surface area contributed by atoms with Gasteiger partial charge in [-0.2, -0.15) is 4.31 Å². The van der Waals surface area contributed by atoms with Gasteiger partial charge in [-0.3, -0.25) is 0 Å². The van der Waals surface area contributed by atoms with Gasteiger partial charge in [-0.15, -0.1) is 0 Å². The Morgan fingerprint density at radius 1 is 0.962 bits per heavy atom. The van der Waals surface area contributed by atoms with E-state index < -0.39 is 10.0 Å². The largest absolute Gasteiger partial charge is 0.244 e. The zero-order valence-corrected chi connectivity index (χ0v) is 15.4. The number of halogens is 1. The molecule has 0 N–H and O–H groups in total. The molecule has 2 aromatic carbocycles. The maximum Gasteiger partial charge on any atom is 0.243 e. The van der Waals surface area contributed by atoms with E-state index in [1.54, 1.807) is 18.3 Å². The second kappa shape index (κ2) is 6.79. The summed E-state index contributed by atoms with van der Waals surface area (Å²) >= 11 is 5.91. The smallest absolute Gasteiger partial charge is 0.243 e. The summed E-state index contributed by atoms with van der Waals surface area (Å²) in [6, 6.07) is 14.4. The van der Waals surface area contributed by atoms with Crippen LogP contribution in [0.25, 0.3) is 11.1 Å². The molecule has 1 aromatic heterocycles. The van der Waals surface area contributed by atoms with Crippen molar-refractivity contribution in [1.82, 2.24) is 14.3 Å². The number of benzene rings is 2. The van der Waals surface area contributed by atoms with E-state index in [1.807, 2.05) is 36.4 Å². The molecule has 2 heterocycles. The molecule has 0 saturated carbocycles. The quantitative estimate of drug-likeness (QED) is 0.691. The number of rotatable bonds is 3. The van der Waals surface area contributed by atoms with Crippen LogP contribution in [-0.4, -0.2) is 29.2 Å². The van der Waals surface area contributed by atoms with Gasteiger partial charge < -0.3 is 0 Å². The Hall–Kier alpha value is -2.28. The van der Waals surface area contributed by atoms with Crippen molar-refractivity contribution in [2.45, 2.75) is 17.9 Å². The Balaban J connectivity index is 1.59. The van der Waals surface area contributed by atoms with Gasteiger partial charge in [0, 0.05) is 42.0 Å². The first-order valence-electron chi connectivity index (χ1n) is 8.18. The summed E-state index contributed by atoms with van der Waals surface area (Å²) < 4.78 is 27.4. The summed E-state index contributed by atoms with van der Waals surface area (Å²) in [6.45, 7) is 0.725. The number of fused-ring (bicyclic) bond motifs is 1. The molecule has 0 fully saturated rings. The highest BCUT2D eigenvalue weighted by atomic mass is 35.5. The molecule has 1 aliphatic heterocycles. The van der Waals surface area contributed by atoms with Crippen LogP contribution >= 0.6 is 11.6 Å². The third-order valence-electron chi connectivity index (χ3n) is 4.50. The molecule has 5 nitrogen and oxygen atoms in total. The lowest BCUT2D eigenvalue weighted by Gasteiger charge is -2.27. The lowest BCUT2D eigenvalue weighted by Crippen LogP contribution is -2.36. The molecule has 4 rings (SSSR count). The number of hydrogen-bond donors (Lipinski definition) is 0. The predicted octanol–water partition coefficient (Wildman–Crippen LogP) is 3.54. The van der Waals surface area contributed by atoms with Crippen molar-refractivity contribution in [2.75, 3.05) is 6.54 Å². The molecule has 0 atom stereocenters. The second-order valence-corrected chi connectivity index (χ2v) is 8.49. The van der Waals surface area contributed by atoms with Crippen molar-refractivity contribution >= 4 is 21.6 Å². The van der Waals surface area contributed by atoms with Crippen molar-refractivity contribution in [1.29, 1.82) is 0 Å². The Morgan fingerprint density at radius 2 is 1.62 bits per heavy atom. The Labute approximate surface area is 157 Å². The highest BCUT2D eigenvalue weighted by Crippen LogP contribution is 2.26. The van der Waals surface area contributed by atoms with Gasteiger partial charge in [0.1, 0.15) is 6.33 Å². The molecule has 3 aromatic rings. The first-order valence-corrected chi connectivity index (χ1v) is 10.00. The van der Waals surface area contributed by atoms with Gasteiger partial charge in [-0.25, -0.2) is 18.4 Å². The van der Waals surface area contributed by atoms with Crippen molar-refractivity contribution in [3.05, 3.63) is 77.3 Å². The minimum atomic E-state index is -3.55. The summed E-state index contributed by atoms with van der Waals surface area (Å²) in [5.74, 6) is 0. The Kier molecular flexibility index (Phi) is 4.48. The van der Waals surface area contributed by atoms with Crippen LogP contribution in [0.15, 0.2) is 66.0 Å². The van der Waals surface area contributed by atoms with Crippen LogP contribution in [0.1, 0.15) is 11.3 Å². The van der Waals surface area contributed by atoms with Crippen LogP contribution in [0.4, 0.5) is 0 Å². The summed E-state index contributed by atoms with van der Waals surface area (Å²) in [4.78, 5) is 8.50. The van der Waals surface area contributed by atoms with Crippen LogP contribution in [-0.2, 0) is 23.0 Å². The number of hydrogen-bond acceptors (Lipinski definition) is 4. The molecule has 0 bridgehead atoms. The highest BCUT2D eigenvalue weighted by molar-refractivity contribution is 7.89. The third kappa shape index (κ3) is 3.23. The van der Waals surface area contributed by atoms with Crippen LogP contribution in [0.5, 0.6) is 0 Å². The predicted molar refractivity (Wildman–Crippen MR) is 100 cm³/mol. The van der Waals surface area contributed by atoms with Crippen molar-refractivity contribution in [3.8, 4) is 11.1 Å². The van der Waals surface area contributed by atoms with Crippen LogP contribution in [0.3, 0.4) is 0 Å². The molecule has 0 amide bonds. The van der Waals surface area contributed by atoms with E-state index in [2.05, 4.69) is 9.97 Å². The lowest BCUT2D eigenvalue weighted by molar-refractivity contribution is 0.387. The average molecular weight is 386 g/mol. The minimum absolute atomic E-state index is 0.288. The first kappa shape index (κ1) is 17.1. The average Bonchev–Trinajstić information content (AvgIpc) is 2.68. The first-order chi connectivity index (χ1) is 12.5. The van der Waals surface area contributed by atoms with Crippen molar-refractivity contribution < 1.29 is 8.42 Å². The van der Waals surface area contributed by atoms with Crippen LogP contribution < -0.4 is 0 Å². The molecule has 1 aliphatic rings. The topological polar surface area (TPSA) is 63.2 Å². The van der Waals surface area contributed by atoms with E-state index in [1.165, 1.54) is 10.6 Å². The van der Waals surface area contributed by atoms with Gasteiger partial charge in [0.15, 0.2) is 0 Å². The van der Waals surface area contributed by atoms with E-state index in [0.717, 1.165) is 22.4 Å². The van der Waals surface area contributed by atoms with Crippen molar-refractivity contribution in [2.24, 2.45) is 0 Å². The number of nitrogens with zero attached hydrogens (tertiary/aromatic N) is 3. The minimum Gasteiger partial charge on any atom is -0.244 e. The fraction of sp³-hybridized carbons (Fsp3) is 0.158. The second-order valence-electron chi connectivity index (χ2n) is 6.11. The van der Waals surface area contributed by atoms with Gasteiger partial charge in [-0.1, -0.05) is 35.9 Å². The normalized spacial score (nSPS) is 14.8. The van der Waals surface area contributed by atoms with E-state index in [4.69, 9.17) is 11.6 Å². The van der Waals surface area contributed by atoms with E-state index >= 15 is 0 Å².